The maximum Gasteiger partial charge on any atom is 0.308 e. The van der Waals surface area contributed by atoms with E-state index in [-0.39, 0.29) is 0 Å². The van der Waals surface area contributed by atoms with E-state index in [9.17, 15) is 4.79 Å². The summed E-state index contributed by atoms with van der Waals surface area (Å²) in [5, 5.41) is 13.2. The Morgan fingerprint density at radius 3 is 2.53 bits per heavy atom. The van der Waals surface area contributed by atoms with Crippen LogP contribution >= 0.6 is 0 Å². The molecule has 1 heterocycles. The fourth-order valence-corrected chi connectivity index (χ4v) is 1.76. The molecule has 0 spiro atoms. The summed E-state index contributed by atoms with van der Waals surface area (Å²) in [5.74, 6) is -1.17. The number of aromatic nitrogens is 2. The minimum Gasteiger partial charge on any atom is -0.481 e. The van der Waals surface area contributed by atoms with Crippen LogP contribution in [-0.4, -0.2) is 20.9 Å². The smallest absolute Gasteiger partial charge is 0.308 e. The molecule has 0 amide bonds. The van der Waals surface area contributed by atoms with Gasteiger partial charge in [0.1, 0.15) is 0 Å². The van der Waals surface area contributed by atoms with E-state index in [1.165, 1.54) is 5.56 Å². The number of rotatable bonds is 4. The van der Waals surface area contributed by atoms with E-state index in [0.29, 0.717) is 6.54 Å². The highest BCUT2D eigenvalue weighted by Crippen LogP contribution is 2.14. The SMILES string of the molecule is CCc1c(C)nn(CC(C)C(=O)O)c1C. The fraction of sp³-hybridized carbons (Fsp3) is 0.636. The second kappa shape index (κ2) is 4.47. The van der Waals surface area contributed by atoms with E-state index in [4.69, 9.17) is 5.11 Å². The molecule has 1 N–H and O–H groups in total. The lowest BCUT2D eigenvalue weighted by atomic mass is 10.1. The minimum atomic E-state index is -0.777. The van der Waals surface area contributed by atoms with Gasteiger partial charge in [0, 0.05) is 5.69 Å². The molecular weight excluding hydrogens is 192 g/mol. The van der Waals surface area contributed by atoms with Crippen LogP contribution in [0.25, 0.3) is 0 Å². The highest BCUT2D eigenvalue weighted by Gasteiger charge is 2.15. The Kier molecular flexibility index (Phi) is 3.50. The van der Waals surface area contributed by atoms with Gasteiger partial charge >= 0.3 is 5.97 Å². The highest BCUT2D eigenvalue weighted by atomic mass is 16.4. The van der Waals surface area contributed by atoms with Gasteiger partial charge in [0.05, 0.1) is 18.2 Å². The summed E-state index contributed by atoms with van der Waals surface area (Å²) in [6, 6.07) is 0. The number of hydrogen-bond acceptors (Lipinski definition) is 2. The number of nitrogens with zero attached hydrogens (tertiary/aromatic N) is 2. The summed E-state index contributed by atoms with van der Waals surface area (Å²) in [7, 11) is 0. The summed E-state index contributed by atoms with van der Waals surface area (Å²) >= 11 is 0. The molecule has 0 saturated heterocycles. The van der Waals surface area contributed by atoms with E-state index in [1.54, 1.807) is 11.6 Å². The molecule has 15 heavy (non-hydrogen) atoms. The van der Waals surface area contributed by atoms with Crippen LogP contribution in [0.2, 0.25) is 0 Å². The molecule has 1 aromatic rings. The molecule has 0 aliphatic carbocycles. The van der Waals surface area contributed by atoms with E-state index >= 15 is 0 Å². The number of aryl methyl sites for hydroxylation is 1. The molecule has 84 valence electrons. The summed E-state index contributed by atoms with van der Waals surface area (Å²) < 4.78 is 1.80. The largest absolute Gasteiger partial charge is 0.481 e. The second-order valence-electron chi connectivity index (χ2n) is 3.92. The van der Waals surface area contributed by atoms with Crippen LogP contribution in [0.3, 0.4) is 0 Å². The average molecular weight is 210 g/mol. The molecule has 0 fully saturated rings. The van der Waals surface area contributed by atoms with Gasteiger partial charge in [-0.05, 0) is 25.8 Å². The Labute approximate surface area is 89.9 Å². The molecule has 0 radical (unpaired) electrons. The van der Waals surface area contributed by atoms with Gasteiger partial charge in [-0.2, -0.15) is 5.10 Å². The fourth-order valence-electron chi connectivity index (χ4n) is 1.76. The predicted octanol–water partition coefficient (Wildman–Crippen LogP) is 1.78. The summed E-state index contributed by atoms with van der Waals surface area (Å²) in [4.78, 5) is 10.7. The van der Waals surface area contributed by atoms with Crippen LogP contribution in [0.15, 0.2) is 0 Å². The number of carboxylic acids is 1. The Morgan fingerprint density at radius 1 is 1.53 bits per heavy atom. The Morgan fingerprint density at radius 2 is 2.13 bits per heavy atom. The quantitative estimate of drug-likeness (QED) is 0.824. The molecule has 4 heteroatoms. The van der Waals surface area contributed by atoms with E-state index in [0.717, 1.165) is 17.8 Å². The molecule has 1 atom stereocenters. The maximum atomic E-state index is 10.7. The molecule has 0 aliphatic heterocycles. The summed E-state index contributed by atoms with van der Waals surface area (Å²) in [6.45, 7) is 8.19. The van der Waals surface area contributed by atoms with Gasteiger partial charge in [0.2, 0.25) is 0 Å². The van der Waals surface area contributed by atoms with Crippen LogP contribution in [0.5, 0.6) is 0 Å². The Bertz CT molecular complexity index is 369. The standard InChI is InChI=1S/C11H18N2O2/c1-5-10-8(3)12-13(9(10)4)6-7(2)11(14)15/h7H,5-6H2,1-4H3,(H,14,15). The highest BCUT2D eigenvalue weighted by molar-refractivity contribution is 5.69. The first-order chi connectivity index (χ1) is 6.97. The first kappa shape index (κ1) is 11.8. The lowest BCUT2D eigenvalue weighted by Crippen LogP contribution is -2.18. The Hall–Kier alpha value is -1.32. The second-order valence-corrected chi connectivity index (χ2v) is 3.92. The molecule has 0 aliphatic rings. The van der Waals surface area contributed by atoms with Crippen molar-refractivity contribution in [3.63, 3.8) is 0 Å². The van der Waals surface area contributed by atoms with Gasteiger partial charge in [-0.1, -0.05) is 13.8 Å². The predicted molar refractivity (Wildman–Crippen MR) is 57.9 cm³/mol. The molecule has 1 rings (SSSR count). The van der Waals surface area contributed by atoms with Crippen LogP contribution in [-0.2, 0) is 17.8 Å². The zero-order valence-electron chi connectivity index (χ0n) is 9.74. The zero-order valence-corrected chi connectivity index (χ0v) is 9.74. The van der Waals surface area contributed by atoms with Crippen molar-refractivity contribution in [3.8, 4) is 0 Å². The van der Waals surface area contributed by atoms with Crippen molar-refractivity contribution >= 4 is 5.97 Å². The molecule has 1 aromatic heterocycles. The van der Waals surface area contributed by atoms with Crippen molar-refractivity contribution in [1.29, 1.82) is 0 Å². The average Bonchev–Trinajstić information content (AvgIpc) is 2.41. The van der Waals surface area contributed by atoms with Crippen molar-refractivity contribution in [2.45, 2.75) is 40.7 Å². The van der Waals surface area contributed by atoms with Crippen LogP contribution in [0, 0.1) is 19.8 Å². The number of carbonyl (C=O) groups is 1. The van der Waals surface area contributed by atoms with Crippen LogP contribution < -0.4 is 0 Å². The lowest BCUT2D eigenvalue weighted by Gasteiger charge is -2.08. The van der Waals surface area contributed by atoms with Gasteiger partial charge < -0.3 is 5.11 Å². The molecule has 0 bridgehead atoms. The number of hydrogen-bond donors (Lipinski definition) is 1. The summed E-state index contributed by atoms with van der Waals surface area (Å²) in [5.41, 5.74) is 3.32. The third-order valence-corrected chi connectivity index (χ3v) is 2.75. The lowest BCUT2D eigenvalue weighted by molar-refractivity contribution is -0.141. The van der Waals surface area contributed by atoms with Crippen LogP contribution in [0.1, 0.15) is 30.8 Å². The monoisotopic (exact) mass is 210 g/mol. The van der Waals surface area contributed by atoms with Gasteiger partial charge in [0.15, 0.2) is 0 Å². The molecule has 0 aromatic carbocycles. The van der Waals surface area contributed by atoms with Crippen molar-refractivity contribution in [2.75, 3.05) is 0 Å². The topological polar surface area (TPSA) is 55.1 Å². The van der Waals surface area contributed by atoms with Crippen molar-refractivity contribution in [1.82, 2.24) is 9.78 Å². The van der Waals surface area contributed by atoms with E-state index in [1.807, 2.05) is 13.8 Å². The number of aliphatic carboxylic acids is 1. The van der Waals surface area contributed by atoms with Gasteiger partial charge in [0.25, 0.3) is 0 Å². The summed E-state index contributed by atoms with van der Waals surface area (Å²) in [6.07, 6.45) is 0.944. The first-order valence-electron chi connectivity index (χ1n) is 5.23. The van der Waals surface area contributed by atoms with Gasteiger partial charge in [-0.3, -0.25) is 9.48 Å². The zero-order chi connectivity index (χ0) is 11.6. The molecule has 4 nitrogen and oxygen atoms in total. The maximum absolute atomic E-state index is 10.7. The van der Waals surface area contributed by atoms with Gasteiger partial charge in [-0.25, -0.2) is 0 Å². The van der Waals surface area contributed by atoms with Crippen molar-refractivity contribution in [2.24, 2.45) is 5.92 Å². The molecular formula is C11H18N2O2. The van der Waals surface area contributed by atoms with Crippen molar-refractivity contribution < 1.29 is 9.90 Å². The molecule has 1 unspecified atom stereocenters. The normalized spacial score (nSPS) is 12.8. The van der Waals surface area contributed by atoms with E-state index in [2.05, 4.69) is 12.0 Å². The Balaban J connectivity index is 2.91. The number of carboxylic acid groups (broad SMARTS) is 1. The third-order valence-electron chi connectivity index (χ3n) is 2.75. The van der Waals surface area contributed by atoms with Gasteiger partial charge in [-0.15, -0.1) is 0 Å². The first-order valence-corrected chi connectivity index (χ1v) is 5.23. The van der Waals surface area contributed by atoms with E-state index < -0.39 is 11.9 Å². The third kappa shape index (κ3) is 2.37. The van der Waals surface area contributed by atoms with Crippen LogP contribution in [0.4, 0.5) is 0 Å². The molecule has 0 saturated carbocycles. The van der Waals surface area contributed by atoms with Crippen molar-refractivity contribution in [3.05, 3.63) is 17.0 Å². The minimum absolute atomic E-state index is 0.396.